The molecule has 6 heteroatoms. The van der Waals surface area contributed by atoms with Crippen molar-refractivity contribution in [3.63, 3.8) is 0 Å². The number of hydrogen-bond donors (Lipinski definition) is 0. The lowest BCUT2D eigenvalue weighted by atomic mass is 10.1. The number of aromatic nitrogens is 2. The molecule has 0 N–H and O–H groups in total. The number of benzene rings is 2. The van der Waals surface area contributed by atoms with Crippen LogP contribution in [0.5, 0.6) is 0 Å². The SMILES string of the molecule is Cn1ncc2cc(N(CCC3OCCCO3)Cc3ccc(Cl)cc3)ccc21. The first-order chi connectivity index (χ1) is 13.2. The molecule has 0 unspecified atom stereocenters. The van der Waals surface area contributed by atoms with Crippen molar-refractivity contribution in [3.05, 3.63) is 59.2 Å². The third-order valence-electron chi connectivity index (χ3n) is 4.91. The monoisotopic (exact) mass is 385 g/mol. The van der Waals surface area contributed by atoms with Gasteiger partial charge in [-0.05, 0) is 42.3 Å². The summed E-state index contributed by atoms with van der Waals surface area (Å²) in [7, 11) is 1.96. The molecule has 1 fully saturated rings. The van der Waals surface area contributed by atoms with Crippen molar-refractivity contribution in [2.24, 2.45) is 7.05 Å². The Bertz CT molecular complexity index is 888. The van der Waals surface area contributed by atoms with Crippen LogP contribution >= 0.6 is 11.6 Å². The molecule has 1 aliphatic rings. The van der Waals surface area contributed by atoms with E-state index in [1.807, 2.05) is 30.1 Å². The molecule has 2 heterocycles. The number of halogens is 1. The lowest BCUT2D eigenvalue weighted by Gasteiger charge is -2.29. The molecule has 0 atom stereocenters. The van der Waals surface area contributed by atoms with E-state index in [2.05, 4.69) is 40.3 Å². The van der Waals surface area contributed by atoms with Gasteiger partial charge in [0.05, 0.1) is 24.9 Å². The van der Waals surface area contributed by atoms with E-state index in [0.29, 0.717) is 0 Å². The molecule has 0 saturated carbocycles. The number of hydrogen-bond acceptors (Lipinski definition) is 4. The summed E-state index contributed by atoms with van der Waals surface area (Å²) in [4.78, 5) is 2.36. The molecule has 0 spiro atoms. The first-order valence-corrected chi connectivity index (χ1v) is 9.71. The summed E-state index contributed by atoms with van der Waals surface area (Å²) in [6.07, 6.45) is 3.60. The molecule has 0 radical (unpaired) electrons. The minimum atomic E-state index is -0.117. The van der Waals surface area contributed by atoms with Crippen molar-refractivity contribution in [1.29, 1.82) is 0 Å². The van der Waals surface area contributed by atoms with Crippen molar-refractivity contribution in [2.45, 2.75) is 25.7 Å². The second kappa shape index (κ2) is 8.30. The van der Waals surface area contributed by atoms with Crippen molar-refractivity contribution in [1.82, 2.24) is 9.78 Å². The quantitative estimate of drug-likeness (QED) is 0.631. The Kier molecular flexibility index (Phi) is 5.62. The third-order valence-corrected chi connectivity index (χ3v) is 5.16. The molecule has 5 nitrogen and oxygen atoms in total. The average Bonchev–Trinajstić information content (AvgIpc) is 3.08. The van der Waals surface area contributed by atoms with Gasteiger partial charge in [0.2, 0.25) is 0 Å². The molecule has 3 aromatic rings. The summed E-state index contributed by atoms with van der Waals surface area (Å²) in [5, 5.41) is 6.25. The van der Waals surface area contributed by atoms with E-state index in [-0.39, 0.29) is 6.29 Å². The highest BCUT2D eigenvalue weighted by Crippen LogP contribution is 2.25. The maximum Gasteiger partial charge on any atom is 0.159 e. The number of aryl methyl sites for hydroxylation is 1. The molecule has 142 valence electrons. The highest BCUT2D eigenvalue weighted by molar-refractivity contribution is 6.30. The standard InChI is InChI=1S/C21H24ClN3O2/c1-24-20-8-7-19(13-17(20)14-23-24)25(10-9-21-26-11-2-12-27-21)15-16-3-5-18(22)6-4-16/h3-8,13-14,21H,2,9-12,15H2,1H3. The second-order valence-corrected chi connectivity index (χ2v) is 7.31. The minimum absolute atomic E-state index is 0.117. The lowest BCUT2D eigenvalue weighted by molar-refractivity contribution is -0.179. The van der Waals surface area contributed by atoms with Crippen LogP contribution in [0.15, 0.2) is 48.7 Å². The Morgan fingerprint density at radius 1 is 1.15 bits per heavy atom. The number of nitrogens with zero attached hydrogens (tertiary/aromatic N) is 3. The number of rotatable bonds is 6. The predicted octanol–water partition coefficient (Wildman–Crippen LogP) is 4.39. The first kappa shape index (κ1) is 18.3. The van der Waals surface area contributed by atoms with E-state index >= 15 is 0 Å². The summed E-state index contributed by atoms with van der Waals surface area (Å²) < 4.78 is 13.3. The van der Waals surface area contributed by atoms with Gasteiger partial charge in [-0.3, -0.25) is 4.68 Å². The molecule has 4 rings (SSSR count). The van der Waals surface area contributed by atoms with Crippen LogP contribution in [0, 0.1) is 0 Å². The normalized spacial score (nSPS) is 15.3. The topological polar surface area (TPSA) is 39.5 Å². The van der Waals surface area contributed by atoms with E-state index in [4.69, 9.17) is 21.1 Å². The number of fused-ring (bicyclic) bond motifs is 1. The van der Waals surface area contributed by atoms with Gasteiger partial charge >= 0.3 is 0 Å². The van der Waals surface area contributed by atoms with Gasteiger partial charge in [0.1, 0.15) is 0 Å². The largest absolute Gasteiger partial charge is 0.367 e. The second-order valence-electron chi connectivity index (χ2n) is 6.87. The van der Waals surface area contributed by atoms with Crippen LogP contribution in [0.2, 0.25) is 5.02 Å². The van der Waals surface area contributed by atoms with Gasteiger partial charge in [-0.15, -0.1) is 0 Å². The summed E-state index contributed by atoms with van der Waals surface area (Å²) in [6.45, 7) is 3.21. The van der Waals surface area contributed by atoms with E-state index in [9.17, 15) is 0 Å². The van der Waals surface area contributed by atoms with Crippen LogP contribution in [-0.4, -0.2) is 35.8 Å². The minimum Gasteiger partial charge on any atom is -0.367 e. The maximum atomic E-state index is 6.04. The van der Waals surface area contributed by atoms with Crippen LogP contribution in [0.25, 0.3) is 10.9 Å². The fourth-order valence-electron chi connectivity index (χ4n) is 3.42. The fraction of sp³-hybridized carbons (Fsp3) is 0.381. The van der Waals surface area contributed by atoms with Gasteiger partial charge in [-0.25, -0.2) is 0 Å². The number of anilines is 1. The van der Waals surface area contributed by atoms with Gasteiger partial charge in [-0.1, -0.05) is 23.7 Å². The van der Waals surface area contributed by atoms with E-state index in [1.165, 1.54) is 11.3 Å². The van der Waals surface area contributed by atoms with Gasteiger partial charge in [-0.2, -0.15) is 5.10 Å². The lowest BCUT2D eigenvalue weighted by Crippen LogP contribution is -2.31. The van der Waals surface area contributed by atoms with Gasteiger partial charge in [0.15, 0.2) is 6.29 Å². The molecular formula is C21H24ClN3O2. The molecule has 0 aliphatic carbocycles. The van der Waals surface area contributed by atoms with Gasteiger partial charge < -0.3 is 14.4 Å². The predicted molar refractivity (Wildman–Crippen MR) is 108 cm³/mol. The van der Waals surface area contributed by atoms with Crippen LogP contribution in [0.4, 0.5) is 5.69 Å². The fourth-order valence-corrected chi connectivity index (χ4v) is 3.55. The highest BCUT2D eigenvalue weighted by atomic mass is 35.5. The van der Waals surface area contributed by atoms with Crippen LogP contribution in [0.3, 0.4) is 0 Å². The number of ether oxygens (including phenoxy) is 2. The van der Waals surface area contributed by atoms with Crippen LogP contribution in [0.1, 0.15) is 18.4 Å². The Morgan fingerprint density at radius 2 is 1.93 bits per heavy atom. The molecule has 0 bridgehead atoms. The third kappa shape index (κ3) is 4.43. The van der Waals surface area contributed by atoms with Gasteiger partial charge in [0.25, 0.3) is 0 Å². The molecule has 1 aliphatic heterocycles. The average molecular weight is 386 g/mol. The summed E-state index contributed by atoms with van der Waals surface area (Å²) in [6, 6.07) is 14.5. The van der Waals surface area contributed by atoms with Crippen molar-refractivity contribution in [3.8, 4) is 0 Å². The zero-order chi connectivity index (χ0) is 18.6. The molecule has 1 saturated heterocycles. The smallest absolute Gasteiger partial charge is 0.159 e. The zero-order valence-electron chi connectivity index (χ0n) is 15.5. The Morgan fingerprint density at radius 3 is 2.70 bits per heavy atom. The first-order valence-electron chi connectivity index (χ1n) is 9.33. The maximum absolute atomic E-state index is 6.04. The van der Waals surface area contributed by atoms with Crippen molar-refractivity contribution >= 4 is 28.2 Å². The van der Waals surface area contributed by atoms with Crippen molar-refractivity contribution in [2.75, 3.05) is 24.7 Å². The summed E-state index contributed by atoms with van der Waals surface area (Å²) >= 11 is 6.04. The molecule has 2 aromatic carbocycles. The summed E-state index contributed by atoms with van der Waals surface area (Å²) in [5.41, 5.74) is 3.52. The van der Waals surface area contributed by atoms with Crippen LogP contribution in [-0.2, 0) is 23.1 Å². The Balaban J connectivity index is 1.55. The van der Waals surface area contributed by atoms with Gasteiger partial charge in [0, 0.05) is 42.7 Å². The van der Waals surface area contributed by atoms with Crippen molar-refractivity contribution < 1.29 is 9.47 Å². The highest BCUT2D eigenvalue weighted by Gasteiger charge is 2.17. The molecule has 1 aromatic heterocycles. The zero-order valence-corrected chi connectivity index (χ0v) is 16.2. The molecule has 27 heavy (non-hydrogen) atoms. The van der Waals surface area contributed by atoms with E-state index in [0.717, 1.165) is 55.1 Å². The van der Waals surface area contributed by atoms with Crippen LogP contribution < -0.4 is 4.90 Å². The Labute approximate surface area is 164 Å². The van der Waals surface area contributed by atoms with E-state index < -0.39 is 0 Å². The Hall–Kier alpha value is -2.08. The van der Waals surface area contributed by atoms with E-state index in [1.54, 1.807) is 0 Å². The molecular weight excluding hydrogens is 362 g/mol. The molecule has 0 amide bonds. The summed E-state index contributed by atoms with van der Waals surface area (Å²) in [5.74, 6) is 0.